The van der Waals surface area contributed by atoms with E-state index in [1.165, 1.54) is 0 Å². The highest BCUT2D eigenvalue weighted by Gasteiger charge is 2.12. The van der Waals surface area contributed by atoms with E-state index in [9.17, 15) is 4.79 Å². The van der Waals surface area contributed by atoms with E-state index in [4.69, 9.17) is 19.7 Å². The summed E-state index contributed by atoms with van der Waals surface area (Å²) >= 11 is 0. The van der Waals surface area contributed by atoms with Crippen LogP contribution in [0.25, 0.3) is 0 Å². The Bertz CT molecular complexity index is 250. The van der Waals surface area contributed by atoms with Crippen molar-refractivity contribution in [3.05, 3.63) is 0 Å². The van der Waals surface area contributed by atoms with Gasteiger partial charge in [0.2, 0.25) is 0 Å². The summed E-state index contributed by atoms with van der Waals surface area (Å²) in [4.78, 5) is 10.7. The van der Waals surface area contributed by atoms with Crippen LogP contribution in [0.15, 0.2) is 0 Å². The van der Waals surface area contributed by atoms with E-state index in [0.29, 0.717) is 6.42 Å². The molecule has 20 heavy (non-hydrogen) atoms. The molecule has 0 bridgehead atoms. The Balaban J connectivity index is 0. The van der Waals surface area contributed by atoms with Crippen LogP contribution < -0.4 is 0 Å². The highest BCUT2D eigenvalue weighted by atomic mass is 16.5. The van der Waals surface area contributed by atoms with Crippen LogP contribution in [-0.2, 0) is 14.3 Å². The highest BCUT2D eigenvalue weighted by Crippen LogP contribution is 2.07. The van der Waals surface area contributed by atoms with E-state index in [1.807, 2.05) is 48.5 Å². The lowest BCUT2D eigenvalue weighted by Gasteiger charge is -2.20. The van der Waals surface area contributed by atoms with Gasteiger partial charge in [-0.3, -0.25) is 4.79 Å². The van der Waals surface area contributed by atoms with Crippen LogP contribution in [-0.4, -0.2) is 53.1 Å². The van der Waals surface area contributed by atoms with Crippen LogP contribution in [0.3, 0.4) is 0 Å². The molecule has 0 radical (unpaired) electrons. The van der Waals surface area contributed by atoms with Gasteiger partial charge in [0.1, 0.15) is 12.7 Å². The molecule has 0 unspecified atom stereocenters. The summed E-state index contributed by atoms with van der Waals surface area (Å²) in [6.45, 7) is 13.6. The molecule has 0 aromatic rings. The van der Waals surface area contributed by atoms with Crippen molar-refractivity contribution in [1.82, 2.24) is 0 Å². The molecule has 0 aromatic heterocycles. The third kappa shape index (κ3) is 19.8. The zero-order valence-electron chi connectivity index (χ0n) is 14.0. The summed E-state index contributed by atoms with van der Waals surface area (Å²) in [5.41, 5.74) is -0.430. The quantitative estimate of drug-likeness (QED) is 0.782. The fourth-order valence-corrected chi connectivity index (χ4v) is 0.798. The summed E-state index contributed by atoms with van der Waals surface area (Å²) in [6, 6.07) is 0. The van der Waals surface area contributed by atoms with Crippen molar-refractivity contribution in [2.45, 2.75) is 72.2 Å². The molecular formula is C15H32O5. The van der Waals surface area contributed by atoms with Gasteiger partial charge in [-0.1, -0.05) is 6.92 Å². The van der Waals surface area contributed by atoms with Crippen LogP contribution >= 0.6 is 0 Å². The fraction of sp³-hybridized carbons (Fsp3) is 0.933. The molecule has 5 nitrogen and oxygen atoms in total. The van der Waals surface area contributed by atoms with E-state index in [1.54, 1.807) is 0 Å². The minimum atomic E-state index is -0.751. The monoisotopic (exact) mass is 292 g/mol. The lowest BCUT2D eigenvalue weighted by Crippen LogP contribution is -2.27. The molecule has 0 aliphatic carbocycles. The average molecular weight is 292 g/mol. The number of ether oxygens (including phenoxy) is 2. The minimum Gasteiger partial charge on any atom is -0.394 e. The number of aliphatic hydroxyl groups excluding tert-OH is 2. The van der Waals surface area contributed by atoms with Crippen molar-refractivity contribution >= 4 is 5.78 Å². The summed E-state index contributed by atoms with van der Waals surface area (Å²) < 4.78 is 10.4. The second kappa shape index (κ2) is 10.3. The van der Waals surface area contributed by atoms with Crippen molar-refractivity contribution in [2.24, 2.45) is 0 Å². The maximum atomic E-state index is 10.7. The molecule has 0 fully saturated rings. The van der Waals surface area contributed by atoms with E-state index in [-0.39, 0.29) is 36.8 Å². The lowest BCUT2D eigenvalue weighted by atomic mass is 10.2. The van der Waals surface area contributed by atoms with Gasteiger partial charge in [0.15, 0.2) is 5.78 Å². The molecule has 2 N–H and O–H groups in total. The maximum Gasteiger partial charge on any atom is 0.158 e. The van der Waals surface area contributed by atoms with Gasteiger partial charge in [-0.15, -0.1) is 0 Å². The SMILES string of the molecule is CC(C)(C)OC[C@H](O)CO.CCC(=O)COC(C)(C)C. The number of Topliss-reactive ketones (excluding diaryl/α,β-unsaturated/α-hetero) is 1. The first-order chi connectivity index (χ1) is 8.91. The van der Waals surface area contributed by atoms with Crippen LogP contribution in [0.4, 0.5) is 0 Å². The normalized spacial score (nSPS) is 13.4. The largest absolute Gasteiger partial charge is 0.394 e. The van der Waals surface area contributed by atoms with Crippen LogP contribution in [0.5, 0.6) is 0 Å². The molecule has 0 spiro atoms. The number of carbonyl (C=O) groups is 1. The summed E-state index contributed by atoms with van der Waals surface area (Å²) in [6.07, 6.45) is -0.185. The number of ketones is 1. The molecule has 0 amide bonds. The van der Waals surface area contributed by atoms with Crippen LogP contribution in [0.2, 0.25) is 0 Å². The zero-order valence-corrected chi connectivity index (χ0v) is 14.0. The molecule has 0 heterocycles. The van der Waals surface area contributed by atoms with Crippen LogP contribution in [0, 0.1) is 0 Å². The summed E-state index contributed by atoms with van der Waals surface area (Å²) in [5, 5.41) is 17.2. The Labute approximate surface area is 123 Å². The van der Waals surface area contributed by atoms with Gasteiger partial charge < -0.3 is 19.7 Å². The average Bonchev–Trinajstić information content (AvgIpc) is 2.31. The van der Waals surface area contributed by atoms with Gasteiger partial charge in [-0.05, 0) is 41.5 Å². The molecule has 0 aliphatic rings. The van der Waals surface area contributed by atoms with Gasteiger partial charge in [-0.2, -0.15) is 0 Å². The molecule has 0 saturated heterocycles. The standard InChI is InChI=1S/C8H16O2.C7H16O3/c1-5-7(9)6-10-8(2,3)4;1-7(2,3)10-5-6(9)4-8/h5-6H2,1-4H3;6,8-9H,4-5H2,1-3H3/t;6-/m.1/s1. The number of aliphatic hydroxyl groups is 2. The Morgan fingerprint density at radius 3 is 1.80 bits per heavy atom. The van der Waals surface area contributed by atoms with Crippen molar-refractivity contribution in [1.29, 1.82) is 0 Å². The molecule has 0 rings (SSSR count). The highest BCUT2D eigenvalue weighted by molar-refractivity contribution is 5.79. The number of rotatable bonds is 6. The fourth-order valence-electron chi connectivity index (χ4n) is 0.798. The van der Waals surface area contributed by atoms with Crippen molar-refractivity contribution in [2.75, 3.05) is 19.8 Å². The van der Waals surface area contributed by atoms with Crippen molar-refractivity contribution in [3.63, 3.8) is 0 Å². The lowest BCUT2D eigenvalue weighted by molar-refractivity contribution is -0.128. The first-order valence-corrected chi connectivity index (χ1v) is 6.99. The minimum absolute atomic E-state index is 0.162. The predicted octanol–water partition coefficient (Wildman–Crippen LogP) is 1.94. The predicted molar refractivity (Wildman–Crippen MR) is 79.8 cm³/mol. The Morgan fingerprint density at radius 2 is 1.50 bits per heavy atom. The van der Waals surface area contributed by atoms with Gasteiger partial charge >= 0.3 is 0 Å². The zero-order chi connectivity index (χ0) is 16.4. The summed E-state index contributed by atoms with van der Waals surface area (Å²) in [7, 11) is 0. The summed E-state index contributed by atoms with van der Waals surface area (Å²) in [5.74, 6) is 0.162. The number of carbonyl (C=O) groups excluding carboxylic acids is 1. The Hall–Kier alpha value is -0.490. The first-order valence-electron chi connectivity index (χ1n) is 6.99. The van der Waals surface area contributed by atoms with Crippen molar-refractivity contribution in [3.8, 4) is 0 Å². The second-order valence-electron chi connectivity index (χ2n) is 6.55. The molecule has 5 heteroatoms. The number of hydrogen-bond acceptors (Lipinski definition) is 5. The second-order valence-corrected chi connectivity index (χ2v) is 6.55. The maximum absolute atomic E-state index is 10.7. The first kappa shape index (κ1) is 21.8. The topological polar surface area (TPSA) is 76.0 Å². The Kier molecular flexibility index (Phi) is 11.2. The molecule has 0 aromatic carbocycles. The van der Waals surface area contributed by atoms with E-state index in [0.717, 1.165) is 0 Å². The van der Waals surface area contributed by atoms with Gasteiger partial charge in [0.25, 0.3) is 0 Å². The number of hydrogen-bond donors (Lipinski definition) is 2. The molecular weight excluding hydrogens is 260 g/mol. The van der Waals surface area contributed by atoms with Crippen molar-refractivity contribution < 1.29 is 24.5 Å². The van der Waals surface area contributed by atoms with Gasteiger partial charge in [0.05, 0.1) is 24.4 Å². The third-order valence-corrected chi connectivity index (χ3v) is 1.98. The molecule has 0 saturated carbocycles. The van der Waals surface area contributed by atoms with Crippen LogP contribution in [0.1, 0.15) is 54.9 Å². The van der Waals surface area contributed by atoms with Gasteiger partial charge in [-0.25, -0.2) is 0 Å². The smallest absolute Gasteiger partial charge is 0.158 e. The van der Waals surface area contributed by atoms with E-state index in [2.05, 4.69) is 0 Å². The third-order valence-electron chi connectivity index (χ3n) is 1.98. The van der Waals surface area contributed by atoms with Gasteiger partial charge in [0, 0.05) is 6.42 Å². The molecule has 0 aliphatic heterocycles. The molecule has 122 valence electrons. The van der Waals surface area contributed by atoms with E-state index >= 15 is 0 Å². The Morgan fingerprint density at radius 1 is 1.05 bits per heavy atom. The van der Waals surface area contributed by atoms with E-state index < -0.39 is 6.10 Å². The molecule has 1 atom stereocenters.